The molecule has 7 heteroatoms. The molecule has 2 aromatic rings. The highest BCUT2D eigenvalue weighted by atomic mass is 16.5. The van der Waals surface area contributed by atoms with Gasteiger partial charge in [-0.05, 0) is 56.9 Å². The normalized spacial score (nSPS) is 21.6. The van der Waals surface area contributed by atoms with Crippen molar-refractivity contribution in [2.75, 3.05) is 31.6 Å². The first kappa shape index (κ1) is 18.0. The maximum Gasteiger partial charge on any atom is 0.321 e. The Labute approximate surface area is 159 Å². The third-order valence-corrected chi connectivity index (χ3v) is 5.74. The van der Waals surface area contributed by atoms with Crippen molar-refractivity contribution in [3.05, 3.63) is 41.0 Å². The van der Waals surface area contributed by atoms with Gasteiger partial charge in [0, 0.05) is 37.4 Å². The highest BCUT2D eigenvalue weighted by Gasteiger charge is 2.51. The molecule has 1 aromatic carbocycles. The van der Waals surface area contributed by atoms with Gasteiger partial charge in [0.1, 0.15) is 0 Å². The van der Waals surface area contributed by atoms with Crippen molar-refractivity contribution < 1.29 is 14.1 Å². The lowest BCUT2D eigenvalue weighted by Crippen LogP contribution is -2.38. The summed E-state index contributed by atoms with van der Waals surface area (Å²) in [4.78, 5) is 19.3. The molecular formula is C20H26N4O3. The van der Waals surface area contributed by atoms with Crippen molar-refractivity contribution in [1.82, 2.24) is 15.0 Å². The minimum atomic E-state index is -0.0791. The number of amides is 2. The maximum absolute atomic E-state index is 13.0. The van der Waals surface area contributed by atoms with Crippen LogP contribution >= 0.6 is 0 Å². The van der Waals surface area contributed by atoms with Crippen LogP contribution in [0.4, 0.5) is 10.5 Å². The molecule has 144 valence electrons. The minimum absolute atomic E-state index is 0.0487. The van der Waals surface area contributed by atoms with Crippen molar-refractivity contribution in [1.29, 1.82) is 0 Å². The van der Waals surface area contributed by atoms with Crippen molar-refractivity contribution in [3.8, 4) is 0 Å². The van der Waals surface area contributed by atoms with Gasteiger partial charge in [-0.25, -0.2) is 4.79 Å². The Hall–Kier alpha value is -2.41. The molecule has 7 nitrogen and oxygen atoms in total. The van der Waals surface area contributed by atoms with Crippen molar-refractivity contribution in [2.45, 2.75) is 39.5 Å². The molecule has 0 saturated carbocycles. The number of carbonyl (C=O) groups is 1. The number of benzene rings is 1. The first-order valence-electron chi connectivity index (χ1n) is 9.47. The van der Waals surface area contributed by atoms with E-state index in [9.17, 15) is 4.79 Å². The SMILES string of the molecule is Cc1cc(C)cc(NC(=O)N2CC(c3nc(C)no3)C3(CCOCC3)C2)c1. The van der Waals surface area contributed by atoms with Gasteiger partial charge in [0.05, 0.1) is 5.92 Å². The molecule has 0 radical (unpaired) electrons. The van der Waals surface area contributed by atoms with Gasteiger partial charge in [-0.2, -0.15) is 4.98 Å². The third-order valence-electron chi connectivity index (χ3n) is 5.74. The van der Waals surface area contributed by atoms with Crippen LogP contribution in [-0.2, 0) is 4.74 Å². The topological polar surface area (TPSA) is 80.5 Å². The number of likely N-dealkylation sites (tertiary alicyclic amines) is 1. The molecule has 1 atom stereocenters. The number of aromatic nitrogens is 2. The van der Waals surface area contributed by atoms with E-state index in [1.54, 1.807) is 0 Å². The number of ether oxygens (including phenoxy) is 1. The smallest absolute Gasteiger partial charge is 0.321 e. The molecule has 0 bridgehead atoms. The summed E-state index contributed by atoms with van der Waals surface area (Å²) in [5.74, 6) is 1.31. The zero-order valence-corrected chi connectivity index (χ0v) is 16.1. The summed E-state index contributed by atoms with van der Waals surface area (Å²) >= 11 is 0. The molecular weight excluding hydrogens is 344 g/mol. The number of carbonyl (C=O) groups excluding carboxylic acids is 1. The molecule has 0 aliphatic carbocycles. The Bertz CT molecular complexity index is 821. The standard InChI is InChI=1S/C20H26N4O3/c1-13-8-14(2)10-16(9-13)22-19(25)24-11-17(18-21-15(3)23-27-18)20(12-24)4-6-26-7-5-20/h8-10,17H,4-7,11-12H2,1-3H3,(H,22,25). The summed E-state index contributed by atoms with van der Waals surface area (Å²) in [6.45, 7) is 8.56. The predicted molar refractivity (Wildman–Crippen MR) is 101 cm³/mol. The van der Waals surface area contributed by atoms with Crippen LogP contribution in [0.3, 0.4) is 0 Å². The average Bonchev–Trinajstić information content (AvgIpc) is 3.19. The lowest BCUT2D eigenvalue weighted by atomic mass is 9.72. The van der Waals surface area contributed by atoms with E-state index in [0.717, 1.165) is 29.7 Å². The monoisotopic (exact) mass is 370 g/mol. The van der Waals surface area contributed by atoms with Crippen LogP contribution in [0.2, 0.25) is 0 Å². The lowest BCUT2D eigenvalue weighted by Gasteiger charge is -2.36. The second-order valence-electron chi connectivity index (χ2n) is 7.89. The number of hydrogen-bond donors (Lipinski definition) is 1. The molecule has 1 unspecified atom stereocenters. The Balaban J connectivity index is 1.56. The Kier molecular flexibility index (Phi) is 4.63. The second-order valence-corrected chi connectivity index (χ2v) is 7.89. The van der Waals surface area contributed by atoms with E-state index >= 15 is 0 Å². The van der Waals surface area contributed by atoms with Gasteiger partial charge in [-0.1, -0.05) is 11.2 Å². The zero-order chi connectivity index (χ0) is 19.0. The second kappa shape index (κ2) is 6.96. The fraction of sp³-hybridized carbons (Fsp3) is 0.550. The molecule has 2 saturated heterocycles. The molecule has 1 aromatic heterocycles. The maximum atomic E-state index is 13.0. The molecule has 1 spiro atoms. The third kappa shape index (κ3) is 3.56. The van der Waals surface area contributed by atoms with Gasteiger partial charge in [0.25, 0.3) is 0 Å². The van der Waals surface area contributed by atoms with Crippen molar-refractivity contribution in [2.24, 2.45) is 5.41 Å². The van der Waals surface area contributed by atoms with Gasteiger partial charge in [-0.15, -0.1) is 0 Å². The molecule has 2 fully saturated rings. The summed E-state index contributed by atoms with van der Waals surface area (Å²) in [5.41, 5.74) is 3.03. The van der Waals surface area contributed by atoms with Crippen LogP contribution < -0.4 is 5.32 Å². The fourth-order valence-corrected chi connectivity index (χ4v) is 4.45. The van der Waals surface area contributed by atoms with Crippen LogP contribution in [0.25, 0.3) is 0 Å². The number of hydrogen-bond acceptors (Lipinski definition) is 5. The molecule has 27 heavy (non-hydrogen) atoms. The first-order valence-corrected chi connectivity index (χ1v) is 9.47. The predicted octanol–water partition coefficient (Wildman–Crippen LogP) is 3.42. The minimum Gasteiger partial charge on any atom is -0.381 e. The van der Waals surface area contributed by atoms with Gasteiger partial charge < -0.3 is 19.5 Å². The van der Waals surface area contributed by atoms with E-state index in [-0.39, 0.29) is 17.4 Å². The van der Waals surface area contributed by atoms with E-state index < -0.39 is 0 Å². The van der Waals surface area contributed by atoms with Crippen molar-refractivity contribution >= 4 is 11.7 Å². The summed E-state index contributed by atoms with van der Waals surface area (Å²) in [7, 11) is 0. The zero-order valence-electron chi connectivity index (χ0n) is 16.1. The lowest BCUT2D eigenvalue weighted by molar-refractivity contribution is 0.00959. The van der Waals surface area contributed by atoms with E-state index in [2.05, 4.69) is 21.5 Å². The van der Waals surface area contributed by atoms with Crippen LogP contribution in [-0.4, -0.2) is 47.4 Å². The number of nitrogens with one attached hydrogen (secondary N) is 1. The van der Waals surface area contributed by atoms with E-state index in [0.29, 0.717) is 38.0 Å². The largest absolute Gasteiger partial charge is 0.381 e. The van der Waals surface area contributed by atoms with Gasteiger partial charge in [0.2, 0.25) is 5.89 Å². The number of urea groups is 1. The Morgan fingerprint density at radius 3 is 2.52 bits per heavy atom. The van der Waals surface area contributed by atoms with E-state index in [1.165, 1.54) is 0 Å². The molecule has 2 aliphatic rings. The molecule has 4 rings (SSSR count). The summed E-state index contributed by atoms with van der Waals surface area (Å²) in [6.07, 6.45) is 1.79. The van der Waals surface area contributed by atoms with Gasteiger partial charge in [-0.3, -0.25) is 0 Å². The Morgan fingerprint density at radius 2 is 1.89 bits per heavy atom. The van der Waals surface area contributed by atoms with Crippen LogP contribution in [0, 0.1) is 26.2 Å². The average molecular weight is 370 g/mol. The first-order chi connectivity index (χ1) is 12.9. The number of anilines is 1. The van der Waals surface area contributed by atoms with E-state index in [4.69, 9.17) is 9.26 Å². The van der Waals surface area contributed by atoms with Gasteiger partial charge >= 0.3 is 6.03 Å². The molecule has 2 amide bonds. The van der Waals surface area contributed by atoms with Crippen LogP contribution in [0.5, 0.6) is 0 Å². The van der Waals surface area contributed by atoms with E-state index in [1.807, 2.05) is 37.8 Å². The number of nitrogens with zero attached hydrogens (tertiary/aromatic N) is 3. The quantitative estimate of drug-likeness (QED) is 0.876. The van der Waals surface area contributed by atoms with Crippen molar-refractivity contribution in [3.63, 3.8) is 0 Å². The summed E-state index contributed by atoms with van der Waals surface area (Å²) < 4.78 is 11.1. The molecule has 3 heterocycles. The highest BCUT2D eigenvalue weighted by Crippen LogP contribution is 2.49. The van der Waals surface area contributed by atoms with Crippen LogP contribution in [0.15, 0.2) is 22.7 Å². The fourth-order valence-electron chi connectivity index (χ4n) is 4.45. The molecule has 2 aliphatic heterocycles. The Morgan fingerprint density at radius 1 is 1.19 bits per heavy atom. The summed E-state index contributed by atoms with van der Waals surface area (Å²) in [5, 5.41) is 7.01. The summed E-state index contributed by atoms with van der Waals surface area (Å²) in [6, 6.07) is 5.99. The van der Waals surface area contributed by atoms with Gasteiger partial charge in [0.15, 0.2) is 5.82 Å². The highest BCUT2D eigenvalue weighted by molar-refractivity contribution is 5.89. The number of aryl methyl sites for hydroxylation is 3. The number of rotatable bonds is 2. The van der Waals surface area contributed by atoms with Crippen LogP contribution in [0.1, 0.15) is 41.6 Å². The molecule has 1 N–H and O–H groups in total.